The van der Waals surface area contributed by atoms with E-state index >= 15 is 0 Å². The lowest BCUT2D eigenvalue weighted by Crippen LogP contribution is -2.07. The maximum absolute atomic E-state index is 5.39. The van der Waals surface area contributed by atoms with E-state index in [0.29, 0.717) is 6.61 Å². The summed E-state index contributed by atoms with van der Waals surface area (Å²) >= 11 is 0. The molecule has 0 aromatic heterocycles. The van der Waals surface area contributed by atoms with Gasteiger partial charge in [-0.05, 0) is 18.1 Å². The molecule has 0 saturated heterocycles. The van der Waals surface area contributed by atoms with Crippen molar-refractivity contribution in [2.45, 2.75) is 19.8 Å². The predicted octanol–water partition coefficient (Wildman–Crippen LogP) is 1.70. The first-order valence-corrected chi connectivity index (χ1v) is 5.32. The Morgan fingerprint density at radius 1 is 1.19 bits per heavy atom. The van der Waals surface area contributed by atoms with Crippen molar-refractivity contribution in [2.75, 3.05) is 20.8 Å². The third kappa shape index (κ3) is 2.65. The first-order valence-electron chi connectivity index (χ1n) is 5.32. The Hall–Kier alpha value is -1.26. The summed E-state index contributed by atoms with van der Waals surface area (Å²) in [5.41, 5.74) is 2.34. The molecule has 0 spiro atoms. The number of nitrogens with two attached hydrogens (primary N) is 1. The highest BCUT2D eigenvalue weighted by Gasteiger charge is 2.13. The minimum atomic E-state index is 0.469. The van der Waals surface area contributed by atoms with Crippen molar-refractivity contribution < 1.29 is 14.3 Å². The molecule has 0 aliphatic carbocycles. The number of aryl methyl sites for hydroxylation is 1. The fraction of sp³-hybridized carbons (Fsp3) is 0.500. The molecule has 1 rings (SSSR count). The van der Waals surface area contributed by atoms with E-state index in [-0.39, 0.29) is 0 Å². The van der Waals surface area contributed by atoms with E-state index in [1.54, 1.807) is 14.2 Å². The van der Waals surface area contributed by atoms with Gasteiger partial charge in [-0.3, -0.25) is 0 Å². The first kappa shape index (κ1) is 12.8. The summed E-state index contributed by atoms with van der Waals surface area (Å²) in [6, 6.07) is 3.97. The summed E-state index contributed by atoms with van der Waals surface area (Å²) in [5, 5.41) is 0. The van der Waals surface area contributed by atoms with Crippen LogP contribution >= 0.6 is 0 Å². The molecule has 4 nitrogen and oxygen atoms in total. The molecule has 0 bridgehead atoms. The molecular weight excluding hydrogens is 206 g/mol. The van der Waals surface area contributed by atoms with Crippen molar-refractivity contribution in [1.29, 1.82) is 0 Å². The smallest absolute Gasteiger partial charge is 0.164 e. The lowest BCUT2D eigenvalue weighted by Gasteiger charge is -2.15. The monoisotopic (exact) mass is 225 g/mol. The van der Waals surface area contributed by atoms with Crippen LogP contribution in [0.25, 0.3) is 0 Å². The predicted molar refractivity (Wildman–Crippen MR) is 62.8 cm³/mol. The third-order valence-corrected chi connectivity index (χ3v) is 2.60. The maximum atomic E-state index is 5.39. The zero-order valence-electron chi connectivity index (χ0n) is 10.1. The number of rotatable bonds is 6. The van der Waals surface area contributed by atoms with Crippen LogP contribution in [0.4, 0.5) is 0 Å². The van der Waals surface area contributed by atoms with Gasteiger partial charge in [-0.2, -0.15) is 0 Å². The molecule has 0 radical (unpaired) electrons. The lowest BCUT2D eigenvalue weighted by molar-refractivity contribution is 0.140. The van der Waals surface area contributed by atoms with Crippen molar-refractivity contribution in [1.82, 2.24) is 0 Å². The van der Waals surface area contributed by atoms with Crippen molar-refractivity contribution in [3.05, 3.63) is 23.3 Å². The van der Waals surface area contributed by atoms with Crippen LogP contribution in [0.3, 0.4) is 0 Å². The van der Waals surface area contributed by atoms with E-state index in [0.717, 1.165) is 29.9 Å². The van der Waals surface area contributed by atoms with Crippen LogP contribution in [0, 0.1) is 0 Å². The van der Waals surface area contributed by atoms with Crippen LogP contribution in [0.5, 0.6) is 11.5 Å². The van der Waals surface area contributed by atoms with E-state index in [2.05, 4.69) is 11.8 Å². The zero-order chi connectivity index (χ0) is 12.0. The standard InChI is InChI=1S/C12H19NO3/c1-4-9-5-6-11(14-2)12(15-3)10(9)7-8-16-13/h5-6H,4,7-8,13H2,1-3H3. The van der Waals surface area contributed by atoms with Gasteiger partial charge in [-0.25, -0.2) is 5.90 Å². The second kappa shape index (κ2) is 6.35. The summed E-state index contributed by atoms with van der Waals surface area (Å²) in [4.78, 5) is 4.62. The number of hydrogen-bond acceptors (Lipinski definition) is 4. The minimum absolute atomic E-state index is 0.469. The molecule has 0 saturated carbocycles. The van der Waals surface area contributed by atoms with Crippen LogP contribution in [-0.4, -0.2) is 20.8 Å². The van der Waals surface area contributed by atoms with Crippen molar-refractivity contribution >= 4 is 0 Å². The Morgan fingerprint density at radius 3 is 2.44 bits per heavy atom. The largest absolute Gasteiger partial charge is 0.493 e. The number of benzene rings is 1. The van der Waals surface area contributed by atoms with Crippen molar-refractivity contribution in [3.8, 4) is 11.5 Å². The minimum Gasteiger partial charge on any atom is -0.493 e. The van der Waals surface area contributed by atoms with Gasteiger partial charge in [0.1, 0.15) is 0 Å². The highest BCUT2D eigenvalue weighted by molar-refractivity contribution is 5.51. The summed E-state index contributed by atoms with van der Waals surface area (Å²) in [7, 11) is 3.27. The van der Waals surface area contributed by atoms with Gasteiger partial charge in [-0.15, -0.1) is 0 Å². The van der Waals surface area contributed by atoms with Crippen LogP contribution < -0.4 is 15.4 Å². The lowest BCUT2D eigenvalue weighted by atomic mass is 10.0. The topological polar surface area (TPSA) is 53.7 Å². The molecule has 0 aliphatic rings. The number of methoxy groups -OCH3 is 2. The molecule has 0 aliphatic heterocycles. The first-order chi connectivity index (χ1) is 7.78. The quantitative estimate of drug-likeness (QED) is 0.749. The van der Waals surface area contributed by atoms with E-state index in [9.17, 15) is 0 Å². The highest BCUT2D eigenvalue weighted by atomic mass is 16.6. The Balaban J connectivity index is 3.14. The number of hydrogen-bond donors (Lipinski definition) is 1. The average Bonchev–Trinajstić information content (AvgIpc) is 2.34. The van der Waals surface area contributed by atoms with Crippen molar-refractivity contribution in [2.24, 2.45) is 5.90 Å². The molecule has 1 aromatic carbocycles. The fourth-order valence-corrected chi connectivity index (χ4v) is 1.80. The Labute approximate surface area is 96.3 Å². The van der Waals surface area contributed by atoms with Crippen molar-refractivity contribution in [3.63, 3.8) is 0 Å². The summed E-state index contributed by atoms with van der Waals surface area (Å²) in [5.74, 6) is 6.58. The molecule has 0 fully saturated rings. The van der Waals surface area contributed by atoms with Crippen LogP contribution in [0.1, 0.15) is 18.1 Å². The summed E-state index contributed by atoms with van der Waals surface area (Å²) < 4.78 is 10.6. The normalized spacial score (nSPS) is 10.2. The summed E-state index contributed by atoms with van der Waals surface area (Å²) in [6.07, 6.45) is 1.67. The second-order valence-electron chi connectivity index (χ2n) is 3.41. The second-order valence-corrected chi connectivity index (χ2v) is 3.41. The van der Waals surface area contributed by atoms with Gasteiger partial charge in [0, 0.05) is 12.0 Å². The molecule has 16 heavy (non-hydrogen) atoms. The molecule has 2 N–H and O–H groups in total. The highest BCUT2D eigenvalue weighted by Crippen LogP contribution is 2.34. The molecule has 0 amide bonds. The van der Waals surface area contributed by atoms with E-state index in [1.807, 2.05) is 12.1 Å². The van der Waals surface area contributed by atoms with Crippen LogP contribution in [0.15, 0.2) is 12.1 Å². The fourth-order valence-electron chi connectivity index (χ4n) is 1.80. The van der Waals surface area contributed by atoms with Gasteiger partial charge in [-0.1, -0.05) is 13.0 Å². The summed E-state index contributed by atoms with van der Waals surface area (Å²) in [6.45, 7) is 2.57. The van der Waals surface area contributed by atoms with Gasteiger partial charge in [0.05, 0.1) is 20.8 Å². The number of ether oxygens (including phenoxy) is 2. The Bertz CT molecular complexity index is 339. The van der Waals surface area contributed by atoms with Gasteiger partial charge in [0.15, 0.2) is 11.5 Å². The van der Waals surface area contributed by atoms with Gasteiger partial charge in [0.25, 0.3) is 0 Å². The van der Waals surface area contributed by atoms with Gasteiger partial charge in [0.2, 0.25) is 0 Å². The van der Waals surface area contributed by atoms with Crippen LogP contribution in [0.2, 0.25) is 0 Å². The van der Waals surface area contributed by atoms with E-state index in [1.165, 1.54) is 5.56 Å². The maximum Gasteiger partial charge on any atom is 0.164 e. The Morgan fingerprint density at radius 2 is 1.94 bits per heavy atom. The van der Waals surface area contributed by atoms with E-state index in [4.69, 9.17) is 15.4 Å². The molecule has 0 atom stereocenters. The Kier molecular flexibility index (Phi) is 5.08. The third-order valence-electron chi connectivity index (χ3n) is 2.60. The molecule has 1 aromatic rings. The molecule has 0 heterocycles. The molecule has 90 valence electrons. The average molecular weight is 225 g/mol. The van der Waals surface area contributed by atoms with Gasteiger partial charge >= 0.3 is 0 Å². The SMILES string of the molecule is CCc1ccc(OC)c(OC)c1CCON. The zero-order valence-corrected chi connectivity index (χ0v) is 10.1. The van der Waals surface area contributed by atoms with Gasteiger partial charge < -0.3 is 14.3 Å². The molecular formula is C12H19NO3. The molecule has 4 heteroatoms. The van der Waals surface area contributed by atoms with Crippen LogP contribution in [-0.2, 0) is 17.7 Å². The van der Waals surface area contributed by atoms with E-state index < -0.39 is 0 Å². The molecule has 0 unspecified atom stereocenters.